The van der Waals surface area contributed by atoms with Crippen molar-refractivity contribution in [3.8, 4) is 16.9 Å². The maximum atomic E-state index is 10.8. The third-order valence-electron chi connectivity index (χ3n) is 8.12. The minimum absolute atomic E-state index is 0.0963. The van der Waals surface area contributed by atoms with Crippen LogP contribution < -0.4 is 0 Å². The van der Waals surface area contributed by atoms with Crippen LogP contribution in [0.5, 0.6) is 0 Å². The summed E-state index contributed by atoms with van der Waals surface area (Å²) in [7, 11) is 1.92. The number of aromatic nitrogens is 7. The molecule has 4 aromatic heterocycles. The van der Waals surface area contributed by atoms with E-state index < -0.39 is 6.10 Å². The molecular formula is C31H31N7O. The van der Waals surface area contributed by atoms with Crippen LogP contribution >= 0.6 is 0 Å². The number of benzene rings is 2. The molecule has 1 atom stereocenters. The summed E-state index contributed by atoms with van der Waals surface area (Å²) in [6, 6.07) is 18.1. The minimum Gasteiger partial charge on any atom is -0.386 e. The van der Waals surface area contributed by atoms with Crippen LogP contribution in [0, 0.1) is 13.8 Å². The van der Waals surface area contributed by atoms with Gasteiger partial charge >= 0.3 is 0 Å². The molecule has 39 heavy (non-hydrogen) atoms. The summed E-state index contributed by atoms with van der Waals surface area (Å²) in [5.74, 6) is 0. The van der Waals surface area contributed by atoms with Crippen molar-refractivity contribution in [2.45, 2.75) is 51.7 Å². The van der Waals surface area contributed by atoms with Gasteiger partial charge in [-0.1, -0.05) is 49.4 Å². The van der Waals surface area contributed by atoms with Crippen molar-refractivity contribution in [3.63, 3.8) is 0 Å². The molecule has 1 N–H and O–H groups in total. The normalized spacial score (nSPS) is 15.3. The van der Waals surface area contributed by atoms with E-state index in [4.69, 9.17) is 15.2 Å². The van der Waals surface area contributed by atoms with Gasteiger partial charge in [0.25, 0.3) is 0 Å². The number of aryl methyl sites for hydroxylation is 2. The number of fused-ring (bicyclic) bond motifs is 2. The lowest BCUT2D eigenvalue weighted by Gasteiger charge is -2.12. The zero-order valence-corrected chi connectivity index (χ0v) is 22.6. The first-order chi connectivity index (χ1) is 18.8. The van der Waals surface area contributed by atoms with Gasteiger partial charge in [0.05, 0.1) is 35.2 Å². The number of pyridine rings is 1. The molecule has 196 valence electrons. The molecule has 0 bridgehead atoms. The maximum absolute atomic E-state index is 10.8. The highest BCUT2D eigenvalue weighted by Crippen LogP contribution is 2.52. The zero-order chi connectivity index (χ0) is 26.9. The van der Waals surface area contributed by atoms with Crippen LogP contribution in [0.4, 0.5) is 0 Å². The Kier molecular flexibility index (Phi) is 5.25. The van der Waals surface area contributed by atoms with E-state index in [1.54, 1.807) is 4.68 Å². The van der Waals surface area contributed by atoms with Gasteiger partial charge in [-0.2, -0.15) is 15.3 Å². The van der Waals surface area contributed by atoms with Crippen molar-refractivity contribution in [2.75, 3.05) is 0 Å². The Morgan fingerprint density at radius 1 is 0.974 bits per heavy atom. The van der Waals surface area contributed by atoms with Crippen LogP contribution in [-0.2, 0) is 19.0 Å². The summed E-state index contributed by atoms with van der Waals surface area (Å²) in [6.45, 7) is 6.90. The van der Waals surface area contributed by atoms with Crippen LogP contribution in [-0.4, -0.2) is 39.4 Å². The molecule has 0 unspecified atom stereocenters. The maximum Gasteiger partial charge on any atom is 0.181 e. The fourth-order valence-corrected chi connectivity index (χ4v) is 5.80. The Bertz CT molecular complexity index is 1860. The Labute approximate surface area is 226 Å². The molecule has 7 rings (SSSR count). The van der Waals surface area contributed by atoms with Crippen molar-refractivity contribution < 1.29 is 5.11 Å². The van der Waals surface area contributed by atoms with Crippen molar-refractivity contribution in [1.82, 2.24) is 34.3 Å². The predicted octanol–water partition coefficient (Wildman–Crippen LogP) is 5.57. The van der Waals surface area contributed by atoms with E-state index >= 15 is 0 Å². The predicted molar refractivity (Wildman–Crippen MR) is 152 cm³/mol. The Balaban J connectivity index is 1.36. The summed E-state index contributed by atoms with van der Waals surface area (Å²) in [5, 5.41) is 27.4. The first-order valence-corrected chi connectivity index (χ1v) is 13.4. The van der Waals surface area contributed by atoms with E-state index in [0.717, 1.165) is 68.7 Å². The highest BCUT2D eigenvalue weighted by Gasteiger charge is 2.44. The lowest BCUT2D eigenvalue weighted by Crippen LogP contribution is -2.08. The summed E-state index contributed by atoms with van der Waals surface area (Å²) < 4.78 is 5.70. The molecule has 2 aromatic carbocycles. The second-order valence-electron chi connectivity index (χ2n) is 11.1. The largest absolute Gasteiger partial charge is 0.386 e. The molecule has 0 radical (unpaired) electrons. The van der Waals surface area contributed by atoms with E-state index in [2.05, 4.69) is 35.8 Å². The quantitative estimate of drug-likeness (QED) is 0.312. The lowest BCUT2D eigenvalue weighted by atomic mass is 9.92. The summed E-state index contributed by atoms with van der Waals surface area (Å²) in [4.78, 5) is 4.78. The van der Waals surface area contributed by atoms with Crippen LogP contribution in [0.2, 0.25) is 0 Å². The summed E-state index contributed by atoms with van der Waals surface area (Å²) in [6.07, 6.45) is 5.68. The molecule has 0 amide bonds. The van der Waals surface area contributed by atoms with Gasteiger partial charge in [0.1, 0.15) is 0 Å². The van der Waals surface area contributed by atoms with Gasteiger partial charge in [0.2, 0.25) is 0 Å². The average molecular weight is 518 g/mol. The van der Waals surface area contributed by atoms with Crippen LogP contribution in [0.15, 0.2) is 67.0 Å². The highest BCUT2D eigenvalue weighted by molar-refractivity contribution is 5.94. The Morgan fingerprint density at radius 3 is 2.54 bits per heavy atom. The molecule has 0 spiro atoms. The second-order valence-corrected chi connectivity index (χ2v) is 11.1. The fourth-order valence-electron chi connectivity index (χ4n) is 5.80. The molecule has 1 aliphatic rings. The van der Waals surface area contributed by atoms with E-state index in [-0.39, 0.29) is 5.41 Å². The highest BCUT2D eigenvalue weighted by atomic mass is 16.3. The number of nitrogens with zero attached hydrogens (tertiary/aromatic N) is 7. The standard InChI is InChI=1S/C31H31N7O/c1-19-26(15-22-16-36(4)35-30(22)32-19)38-20(2)28(31(3)13-14-31)29(34-38)23-11-8-12-25-24(23)17-37(33-25)18-27(39)21-9-6-5-7-10-21/h5-12,15-17,27,39H,13-14,18H2,1-4H3/t27-/m0/s1. The molecule has 1 saturated carbocycles. The van der Waals surface area contributed by atoms with Crippen LogP contribution in [0.3, 0.4) is 0 Å². The molecule has 0 aliphatic heterocycles. The SMILES string of the molecule is Cc1nc2nn(C)cc2cc1-n1nc(-c2cccc3nn(C[C@H](O)c4ccccc4)cc23)c(C2(C)CC2)c1C. The molecule has 6 aromatic rings. The van der Waals surface area contributed by atoms with Crippen molar-refractivity contribution in [1.29, 1.82) is 0 Å². The second kappa shape index (κ2) is 8.61. The molecule has 1 fully saturated rings. The molecule has 8 heteroatoms. The molecule has 4 heterocycles. The number of hydrogen-bond donors (Lipinski definition) is 1. The topological polar surface area (TPSA) is 86.6 Å². The van der Waals surface area contributed by atoms with E-state index in [0.29, 0.717) is 6.54 Å². The smallest absolute Gasteiger partial charge is 0.181 e. The summed E-state index contributed by atoms with van der Waals surface area (Å²) in [5.41, 5.74) is 8.96. The van der Waals surface area contributed by atoms with E-state index in [9.17, 15) is 5.11 Å². The Morgan fingerprint density at radius 2 is 1.77 bits per heavy atom. The number of aliphatic hydroxyl groups excluding tert-OH is 1. The monoisotopic (exact) mass is 517 g/mol. The molecule has 1 aliphatic carbocycles. The van der Waals surface area contributed by atoms with Crippen molar-refractivity contribution in [2.24, 2.45) is 7.05 Å². The number of aliphatic hydroxyl groups is 1. The van der Waals surface area contributed by atoms with Gasteiger partial charge in [-0.05, 0) is 49.8 Å². The third kappa shape index (κ3) is 3.94. The van der Waals surface area contributed by atoms with Gasteiger partial charge in [-0.15, -0.1) is 0 Å². The van der Waals surface area contributed by atoms with Crippen molar-refractivity contribution in [3.05, 3.63) is 89.5 Å². The van der Waals surface area contributed by atoms with Gasteiger partial charge in [0, 0.05) is 47.0 Å². The Hall–Kier alpha value is -4.30. The fraction of sp³-hybridized carbons (Fsp3) is 0.290. The molecular weight excluding hydrogens is 486 g/mol. The van der Waals surface area contributed by atoms with E-state index in [1.165, 1.54) is 5.56 Å². The molecule has 0 saturated heterocycles. The molecule has 8 nitrogen and oxygen atoms in total. The first-order valence-electron chi connectivity index (χ1n) is 13.4. The van der Waals surface area contributed by atoms with Gasteiger partial charge in [-0.25, -0.2) is 9.67 Å². The van der Waals surface area contributed by atoms with Gasteiger partial charge < -0.3 is 5.11 Å². The van der Waals surface area contributed by atoms with Crippen LogP contribution in [0.25, 0.3) is 38.9 Å². The number of rotatable bonds is 6. The average Bonchev–Trinajstić information content (AvgIpc) is 3.22. The van der Waals surface area contributed by atoms with Gasteiger partial charge in [-0.3, -0.25) is 9.36 Å². The summed E-state index contributed by atoms with van der Waals surface area (Å²) >= 11 is 0. The van der Waals surface area contributed by atoms with Crippen molar-refractivity contribution >= 4 is 21.9 Å². The number of hydrogen-bond acceptors (Lipinski definition) is 5. The lowest BCUT2D eigenvalue weighted by molar-refractivity contribution is 0.152. The first kappa shape index (κ1) is 23.8. The van der Waals surface area contributed by atoms with Crippen LogP contribution in [0.1, 0.15) is 48.4 Å². The minimum atomic E-state index is -0.635. The zero-order valence-electron chi connectivity index (χ0n) is 22.6. The van der Waals surface area contributed by atoms with E-state index in [1.807, 2.05) is 73.5 Å². The van der Waals surface area contributed by atoms with Gasteiger partial charge in [0.15, 0.2) is 5.65 Å². The third-order valence-corrected chi connectivity index (χ3v) is 8.12.